The zero-order chi connectivity index (χ0) is 12.3. The Bertz CT molecular complexity index is 377. The molecule has 0 N–H and O–H groups in total. The van der Waals surface area contributed by atoms with Crippen molar-refractivity contribution < 1.29 is 9.53 Å². The number of alkyl halides is 1. The van der Waals surface area contributed by atoms with Gasteiger partial charge in [0.05, 0.1) is 12.2 Å². The van der Waals surface area contributed by atoms with Gasteiger partial charge < -0.3 is 4.74 Å². The minimum absolute atomic E-state index is 0.00315. The lowest BCUT2D eigenvalue weighted by Gasteiger charge is -2.18. The molecule has 0 aromatic carbocycles. The van der Waals surface area contributed by atoms with E-state index in [1.807, 2.05) is 6.92 Å². The third-order valence-corrected chi connectivity index (χ3v) is 4.45. The molecular weight excluding hydrogens is 335 g/mol. The summed E-state index contributed by atoms with van der Waals surface area (Å²) in [5.41, 5.74) is 1.87. The van der Waals surface area contributed by atoms with E-state index in [9.17, 15) is 4.79 Å². The number of carbonyl (C=O) groups excluding carboxylic acids is 1. The van der Waals surface area contributed by atoms with Gasteiger partial charge in [-0.1, -0.05) is 43.4 Å². The number of rotatable bonds is 3. The van der Waals surface area contributed by atoms with Crippen LogP contribution in [0.4, 0.5) is 0 Å². The van der Waals surface area contributed by atoms with Gasteiger partial charge >= 0.3 is 5.97 Å². The van der Waals surface area contributed by atoms with E-state index in [0.29, 0.717) is 6.61 Å². The van der Waals surface area contributed by atoms with Crippen LogP contribution in [0.3, 0.4) is 0 Å². The third-order valence-electron chi connectivity index (χ3n) is 2.17. The molecule has 0 saturated carbocycles. The second kappa shape index (κ2) is 5.49. The molecule has 1 aromatic heterocycles. The van der Waals surface area contributed by atoms with E-state index in [-0.39, 0.29) is 11.4 Å². The molecule has 1 heterocycles. The van der Waals surface area contributed by atoms with Crippen LogP contribution >= 0.6 is 33.9 Å². The molecule has 2 nitrogen and oxygen atoms in total. The van der Waals surface area contributed by atoms with Crippen molar-refractivity contribution in [1.29, 1.82) is 0 Å². The van der Waals surface area contributed by atoms with Crippen molar-refractivity contribution >= 4 is 39.9 Å². The van der Waals surface area contributed by atoms with Gasteiger partial charge in [-0.15, -0.1) is 11.3 Å². The maximum absolute atomic E-state index is 11.9. The predicted octanol–water partition coefficient (Wildman–Crippen LogP) is 4.16. The van der Waals surface area contributed by atoms with E-state index in [2.05, 4.69) is 48.7 Å². The van der Waals surface area contributed by atoms with E-state index < -0.39 is 0 Å². The Morgan fingerprint density at radius 1 is 1.50 bits per heavy atom. The highest BCUT2D eigenvalue weighted by atomic mass is 127. The Balaban J connectivity index is 3.21. The number of halogens is 1. The van der Waals surface area contributed by atoms with Gasteiger partial charge in [0.2, 0.25) is 0 Å². The number of carbonyl (C=O) groups is 1. The fourth-order valence-corrected chi connectivity index (χ4v) is 3.52. The number of hydrogen-bond donors (Lipinski definition) is 0. The summed E-state index contributed by atoms with van der Waals surface area (Å²) in [6.07, 6.45) is 0. The lowest BCUT2D eigenvalue weighted by Crippen LogP contribution is -2.16. The molecule has 0 atom stereocenters. The molecular formula is C12H17IO2S. The SMILES string of the molecule is CCOC(=O)c1c(CI)csc1C(C)(C)C. The molecule has 1 aromatic rings. The standard InChI is InChI=1S/C12H17IO2S/c1-5-15-11(14)9-8(6-13)7-16-10(9)12(2,3)4/h7H,5-6H2,1-4H3. The van der Waals surface area contributed by atoms with Gasteiger partial charge in [0, 0.05) is 9.30 Å². The summed E-state index contributed by atoms with van der Waals surface area (Å²) < 4.78 is 5.97. The quantitative estimate of drug-likeness (QED) is 0.464. The Hall–Kier alpha value is -0.100. The molecule has 0 saturated heterocycles. The van der Waals surface area contributed by atoms with Crippen molar-refractivity contribution in [3.8, 4) is 0 Å². The molecule has 0 aliphatic rings. The summed E-state index contributed by atoms with van der Waals surface area (Å²) in [6, 6.07) is 0. The van der Waals surface area contributed by atoms with Crippen LogP contribution in [0.2, 0.25) is 0 Å². The highest BCUT2D eigenvalue weighted by Crippen LogP contribution is 2.35. The van der Waals surface area contributed by atoms with E-state index in [1.165, 1.54) is 0 Å². The number of esters is 1. The van der Waals surface area contributed by atoms with Crippen molar-refractivity contribution in [3.63, 3.8) is 0 Å². The van der Waals surface area contributed by atoms with Crippen LogP contribution in [-0.2, 0) is 14.6 Å². The topological polar surface area (TPSA) is 26.3 Å². The molecule has 0 amide bonds. The van der Waals surface area contributed by atoms with Crippen LogP contribution in [-0.4, -0.2) is 12.6 Å². The Labute approximate surface area is 115 Å². The molecule has 0 bridgehead atoms. The maximum atomic E-state index is 11.9. The Morgan fingerprint density at radius 2 is 2.12 bits per heavy atom. The number of ether oxygens (including phenoxy) is 1. The molecule has 0 unspecified atom stereocenters. The van der Waals surface area contributed by atoms with Gasteiger partial charge in [-0.3, -0.25) is 0 Å². The summed E-state index contributed by atoms with van der Waals surface area (Å²) in [5, 5.41) is 2.07. The van der Waals surface area contributed by atoms with Crippen LogP contribution < -0.4 is 0 Å². The monoisotopic (exact) mass is 352 g/mol. The van der Waals surface area contributed by atoms with Crippen molar-refractivity contribution in [2.45, 2.75) is 37.5 Å². The summed E-state index contributed by atoms with van der Waals surface area (Å²) >= 11 is 3.94. The molecule has 0 spiro atoms. The molecule has 90 valence electrons. The van der Waals surface area contributed by atoms with Gasteiger partial charge in [0.15, 0.2) is 0 Å². The van der Waals surface area contributed by atoms with E-state index in [4.69, 9.17) is 4.74 Å². The highest BCUT2D eigenvalue weighted by Gasteiger charge is 2.27. The third kappa shape index (κ3) is 2.97. The lowest BCUT2D eigenvalue weighted by atomic mass is 9.90. The van der Waals surface area contributed by atoms with Crippen molar-refractivity contribution in [3.05, 3.63) is 21.4 Å². The van der Waals surface area contributed by atoms with Crippen LogP contribution in [0.15, 0.2) is 5.38 Å². The smallest absolute Gasteiger partial charge is 0.339 e. The lowest BCUT2D eigenvalue weighted by molar-refractivity contribution is 0.0523. The maximum Gasteiger partial charge on any atom is 0.339 e. The Morgan fingerprint density at radius 3 is 2.56 bits per heavy atom. The van der Waals surface area contributed by atoms with Crippen molar-refractivity contribution in [2.24, 2.45) is 0 Å². The molecule has 1 rings (SSSR count). The average Bonchev–Trinajstić information content (AvgIpc) is 2.60. The van der Waals surface area contributed by atoms with E-state index in [1.54, 1.807) is 11.3 Å². The number of thiophene rings is 1. The fraction of sp³-hybridized carbons (Fsp3) is 0.583. The minimum atomic E-state index is -0.180. The molecule has 0 radical (unpaired) electrons. The minimum Gasteiger partial charge on any atom is -0.462 e. The van der Waals surface area contributed by atoms with Crippen LogP contribution in [0.25, 0.3) is 0 Å². The first-order valence-electron chi connectivity index (χ1n) is 5.25. The number of hydrogen-bond acceptors (Lipinski definition) is 3. The molecule has 0 aliphatic carbocycles. The first-order valence-corrected chi connectivity index (χ1v) is 7.66. The molecule has 0 aliphatic heterocycles. The van der Waals surface area contributed by atoms with Crippen molar-refractivity contribution in [1.82, 2.24) is 0 Å². The van der Waals surface area contributed by atoms with Gasteiger partial charge in [-0.25, -0.2) is 4.79 Å². The van der Waals surface area contributed by atoms with Crippen molar-refractivity contribution in [2.75, 3.05) is 6.61 Å². The van der Waals surface area contributed by atoms with Gasteiger partial charge in [0.25, 0.3) is 0 Å². The second-order valence-electron chi connectivity index (χ2n) is 4.57. The first-order chi connectivity index (χ1) is 7.41. The highest BCUT2D eigenvalue weighted by molar-refractivity contribution is 14.1. The second-order valence-corrected chi connectivity index (χ2v) is 6.21. The normalized spacial score (nSPS) is 11.6. The fourth-order valence-electron chi connectivity index (χ4n) is 1.47. The molecule has 16 heavy (non-hydrogen) atoms. The van der Waals surface area contributed by atoms with Gasteiger partial charge in [-0.2, -0.15) is 0 Å². The molecule has 0 fully saturated rings. The van der Waals surface area contributed by atoms with Crippen LogP contribution in [0.1, 0.15) is 48.5 Å². The zero-order valence-corrected chi connectivity index (χ0v) is 13.1. The summed E-state index contributed by atoms with van der Waals surface area (Å²) in [6.45, 7) is 8.64. The largest absolute Gasteiger partial charge is 0.462 e. The summed E-state index contributed by atoms with van der Waals surface area (Å²) in [7, 11) is 0. The summed E-state index contributed by atoms with van der Waals surface area (Å²) in [5.74, 6) is -0.180. The summed E-state index contributed by atoms with van der Waals surface area (Å²) in [4.78, 5) is 13.1. The average molecular weight is 352 g/mol. The molecule has 4 heteroatoms. The van der Waals surface area contributed by atoms with Crippen LogP contribution in [0, 0.1) is 0 Å². The van der Waals surface area contributed by atoms with E-state index in [0.717, 1.165) is 20.4 Å². The van der Waals surface area contributed by atoms with E-state index >= 15 is 0 Å². The van der Waals surface area contributed by atoms with Gasteiger partial charge in [0.1, 0.15) is 0 Å². The first kappa shape index (κ1) is 14.0. The Kier molecular flexibility index (Phi) is 4.79. The zero-order valence-electron chi connectivity index (χ0n) is 10.1. The predicted molar refractivity (Wildman–Crippen MR) is 76.7 cm³/mol. The van der Waals surface area contributed by atoms with Crippen LogP contribution in [0.5, 0.6) is 0 Å². The van der Waals surface area contributed by atoms with Gasteiger partial charge in [-0.05, 0) is 23.3 Å².